The topological polar surface area (TPSA) is 35.7 Å². The average molecular weight is 333 g/mol. The van der Waals surface area contributed by atoms with E-state index in [0.29, 0.717) is 0 Å². The smallest absolute Gasteiger partial charge is 0.0835 e. The van der Waals surface area contributed by atoms with E-state index in [1.54, 1.807) is 0 Å². The first-order valence-corrected chi connectivity index (χ1v) is 8.01. The van der Waals surface area contributed by atoms with Gasteiger partial charge in [0.1, 0.15) is 0 Å². The number of benzene rings is 2. The number of hydrogen-bond acceptors (Lipinski definition) is 4. The van der Waals surface area contributed by atoms with E-state index in [9.17, 15) is 0 Å². The summed E-state index contributed by atoms with van der Waals surface area (Å²) in [6, 6.07) is 14.0. The van der Waals surface area contributed by atoms with Gasteiger partial charge in [-0.25, -0.2) is 0 Å². The van der Waals surface area contributed by atoms with Gasteiger partial charge in [-0.2, -0.15) is 0 Å². The molecule has 0 aliphatic carbocycles. The van der Waals surface area contributed by atoms with Crippen molar-refractivity contribution in [3.8, 4) is 0 Å². The Balaban J connectivity index is 2.49. The van der Waals surface area contributed by atoms with Crippen LogP contribution in [0, 0.1) is 0 Å². The normalized spacial score (nSPS) is 10.9. The Morgan fingerprint density at radius 1 is 0.913 bits per heavy atom. The average Bonchev–Trinajstić information content (AvgIpc) is 2.48. The van der Waals surface area contributed by atoms with Crippen LogP contribution >= 0.6 is 11.6 Å². The third-order valence-corrected chi connectivity index (χ3v) is 3.95. The molecule has 0 fully saturated rings. The van der Waals surface area contributed by atoms with Crippen LogP contribution in [0.2, 0.25) is 5.02 Å². The molecule has 0 heterocycles. The van der Waals surface area contributed by atoms with Gasteiger partial charge in [-0.3, -0.25) is 0 Å². The van der Waals surface area contributed by atoms with E-state index in [1.807, 2.05) is 50.5 Å². The second-order valence-electron chi connectivity index (χ2n) is 6.04. The van der Waals surface area contributed by atoms with Crippen molar-refractivity contribution in [1.29, 1.82) is 0 Å². The van der Waals surface area contributed by atoms with E-state index in [2.05, 4.69) is 34.9 Å². The number of nitrogen functional groups attached to an aromatic ring is 1. The van der Waals surface area contributed by atoms with Crippen molar-refractivity contribution in [2.75, 3.05) is 56.8 Å². The number of likely N-dealkylation sites (N-methyl/N-ethyl adjacent to an activating group) is 1. The number of halogens is 1. The fourth-order valence-electron chi connectivity index (χ4n) is 2.56. The lowest BCUT2D eigenvalue weighted by atomic mass is 10.1. The molecule has 0 spiro atoms. The maximum absolute atomic E-state index is 6.22. The van der Waals surface area contributed by atoms with Crippen LogP contribution < -0.4 is 15.5 Å². The number of nitrogens with zero attached hydrogens (tertiary/aromatic N) is 3. The lowest BCUT2D eigenvalue weighted by Crippen LogP contribution is -2.29. The first-order chi connectivity index (χ1) is 10.9. The highest BCUT2D eigenvalue weighted by Crippen LogP contribution is 2.37. The molecule has 0 aromatic heterocycles. The van der Waals surface area contributed by atoms with Gasteiger partial charge in [0.2, 0.25) is 0 Å². The Kier molecular flexibility index (Phi) is 5.74. The molecule has 0 radical (unpaired) electrons. The second-order valence-corrected chi connectivity index (χ2v) is 6.48. The minimum atomic E-state index is 0.738. The van der Waals surface area contributed by atoms with Crippen LogP contribution in [0.4, 0.5) is 22.7 Å². The zero-order chi connectivity index (χ0) is 17.0. The fraction of sp³-hybridized carbons (Fsp3) is 0.333. The number of hydrogen-bond donors (Lipinski definition) is 1. The number of nitrogens with two attached hydrogens (primary N) is 1. The number of anilines is 4. The Morgan fingerprint density at radius 2 is 1.57 bits per heavy atom. The third kappa shape index (κ3) is 4.30. The lowest BCUT2D eigenvalue weighted by molar-refractivity contribution is 0.419. The Morgan fingerprint density at radius 3 is 2.13 bits per heavy atom. The lowest BCUT2D eigenvalue weighted by Gasteiger charge is -2.31. The molecule has 0 saturated heterocycles. The molecule has 0 bridgehead atoms. The maximum atomic E-state index is 6.22. The van der Waals surface area contributed by atoms with Gasteiger partial charge in [0, 0.05) is 37.9 Å². The molecule has 124 valence electrons. The van der Waals surface area contributed by atoms with E-state index >= 15 is 0 Å². The van der Waals surface area contributed by atoms with Gasteiger partial charge in [0.05, 0.1) is 17.1 Å². The third-order valence-electron chi connectivity index (χ3n) is 3.69. The molecule has 2 aromatic rings. The van der Waals surface area contributed by atoms with Gasteiger partial charge < -0.3 is 20.4 Å². The van der Waals surface area contributed by atoms with Crippen LogP contribution in [0.25, 0.3) is 0 Å². The molecule has 0 unspecified atom stereocenters. The molecule has 0 atom stereocenters. The molecule has 2 aromatic carbocycles. The highest BCUT2D eigenvalue weighted by atomic mass is 35.5. The molecule has 5 heteroatoms. The molecule has 0 saturated carbocycles. The summed E-state index contributed by atoms with van der Waals surface area (Å²) in [6.45, 7) is 1.79. The summed E-state index contributed by atoms with van der Waals surface area (Å²) in [5.41, 5.74) is 10.2. The monoisotopic (exact) mass is 332 g/mol. The maximum Gasteiger partial charge on any atom is 0.0835 e. The summed E-state index contributed by atoms with van der Waals surface area (Å²) >= 11 is 6.04. The SMILES string of the molecule is CN(C)CCN(c1ccc(Cl)cc1)c1cccc(N)c1N(C)C. The van der Waals surface area contributed by atoms with Crippen LogP contribution in [0.1, 0.15) is 0 Å². The van der Waals surface area contributed by atoms with Gasteiger partial charge in [-0.15, -0.1) is 0 Å². The predicted molar refractivity (Wildman–Crippen MR) is 102 cm³/mol. The standard InChI is InChI=1S/C18H25ClN4/c1-21(2)12-13-23(15-10-8-14(19)9-11-15)17-7-5-6-16(20)18(17)22(3)4/h5-11H,12-13,20H2,1-4H3. The molecule has 23 heavy (non-hydrogen) atoms. The first-order valence-electron chi connectivity index (χ1n) is 7.64. The summed E-state index contributed by atoms with van der Waals surface area (Å²) in [7, 11) is 8.18. The molecule has 0 aliphatic rings. The summed E-state index contributed by atoms with van der Waals surface area (Å²) in [6.07, 6.45) is 0. The summed E-state index contributed by atoms with van der Waals surface area (Å²) in [4.78, 5) is 6.51. The van der Waals surface area contributed by atoms with E-state index in [0.717, 1.165) is 40.9 Å². The van der Waals surface area contributed by atoms with Crippen molar-refractivity contribution < 1.29 is 0 Å². The molecule has 0 aliphatic heterocycles. The predicted octanol–water partition coefficient (Wildman–Crippen LogP) is 3.69. The second kappa shape index (κ2) is 7.57. The first kappa shape index (κ1) is 17.4. The van der Waals surface area contributed by atoms with Crippen LogP contribution in [0.5, 0.6) is 0 Å². The molecule has 4 nitrogen and oxygen atoms in total. The van der Waals surface area contributed by atoms with Crippen molar-refractivity contribution >= 4 is 34.4 Å². The minimum Gasteiger partial charge on any atom is -0.397 e. The van der Waals surface area contributed by atoms with Gasteiger partial charge in [0.25, 0.3) is 0 Å². The molecule has 2 rings (SSSR count). The van der Waals surface area contributed by atoms with Gasteiger partial charge in [-0.05, 0) is 50.5 Å². The zero-order valence-corrected chi connectivity index (χ0v) is 15.0. The van der Waals surface area contributed by atoms with E-state index in [1.165, 1.54) is 0 Å². The summed E-state index contributed by atoms with van der Waals surface area (Å²) in [5, 5.41) is 0.738. The van der Waals surface area contributed by atoms with Crippen LogP contribution in [0.3, 0.4) is 0 Å². The van der Waals surface area contributed by atoms with E-state index < -0.39 is 0 Å². The Hall–Kier alpha value is -1.91. The minimum absolute atomic E-state index is 0.738. The zero-order valence-electron chi connectivity index (χ0n) is 14.3. The highest BCUT2D eigenvalue weighted by Gasteiger charge is 2.17. The van der Waals surface area contributed by atoms with Gasteiger partial charge in [-0.1, -0.05) is 17.7 Å². The molecular weight excluding hydrogens is 308 g/mol. The van der Waals surface area contributed by atoms with Crippen molar-refractivity contribution in [1.82, 2.24) is 4.90 Å². The van der Waals surface area contributed by atoms with Crippen molar-refractivity contribution in [3.63, 3.8) is 0 Å². The quantitative estimate of drug-likeness (QED) is 0.818. The number of rotatable bonds is 6. The molecule has 2 N–H and O–H groups in total. The van der Waals surface area contributed by atoms with E-state index in [4.69, 9.17) is 17.3 Å². The number of para-hydroxylation sites is 1. The van der Waals surface area contributed by atoms with Crippen molar-refractivity contribution in [2.24, 2.45) is 0 Å². The van der Waals surface area contributed by atoms with Gasteiger partial charge in [0.15, 0.2) is 0 Å². The van der Waals surface area contributed by atoms with Crippen LogP contribution in [-0.2, 0) is 0 Å². The van der Waals surface area contributed by atoms with Crippen molar-refractivity contribution in [3.05, 3.63) is 47.5 Å². The van der Waals surface area contributed by atoms with Crippen LogP contribution in [-0.4, -0.2) is 46.2 Å². The summed E-state index contributed by atoms with van der Waals surface area (Å²) in [5.74, 6) is 0. The van der Waals surface area contributed by atoms with Gasteiger partial charge >= 0.3 is 0 Å². The summed E-state index contributed by atoms with van der Waals surface area (Å²) < 4.78 is 0. The molecule has 0 amide bonds. The van der Waals surface area contributed by atoms with Crippen molar-refractivity contribution in [2.45, 2.75) is 0 Å². The molecular formula is C18H25ClN4. The van der Waals surface area contributed by atoms with Crippen LogP contribution in [0.15, 0.2) is 42.5 Å². The highest BCUT2D eigenvalue weighted by molar-refractivity contribution is 6.30. The Labute approximate surface area is 144 Å². The fourth-order valence-corrected chi connectivity index (χ4v) is 2.69. The Bertz CT molecular complexity index is 638. The van der Waals surface area contributed by atoms with E-state index in [-0.39, 0.29) is 0 Å². The largest absolute Gasteiger partial charge is 0.397 e.